The monoisotopic (exact) mass is 559 g/mol. The Hall–Kier alpha value is -2.21. The number of nitrogens with zero attached hydrogens (tertiary/aromatic N) is 3. The fraction of sp³-hybridized carbons (Fsp3) is 0.640. The minimum atomic E-state index is -5.11. The predicted octanol–water partition coefficient (Wildman–Crippen LogP) is 5.44. The van der Waals surface area contributed by atoms with Crippen molar-refractivity contribution in [3.05, 3.63) is 39.8 Å². The number of halogens is 3. The maximum Gasteiger partial charge on any atom is 0.471 e. The van der Waals surface area contributed by atoms with Crippen molar-refractivity contribution in [1.29, 1.82) is 0 Å². The van der Waals surface area contributed by atoms with Crippen molar-refractivity contribution < 1.29 is 26.4 Å². The summed E-state index contributed by atoms with van der Waals surface area (Å²) in [6, 6.07) is 1.77. The zero-order chi connectivity index (χ0) is 26.8. The molecule has 2 aliphatic carbocycles. The summed E-state index contributed by atoms with van der Waals surface area (Å²) in [7, 11) is -3.68. The molecule has 37 heavy (non-hydrogen) atoms. The SMILES string of the molecule is Cc1cc(S(=O)(=O)C2CCCC2)cc(=O)n1C(CC1CCCCC1)CN(C(=O)C(F)(F)F)c1nccs1. The molecule has 2 aromatic heterocycles. The van der Waals surface area contributed by atoms with Gasteiger partial charge in [-0.1, -0.05) is 44.9 Å². The number of anilines is 1. The molecule has 0 bridgehead atoms. The Morgan fingerprint density at radius 2 is 1.78 bits per heavy atom. The number of sulfone groups is 1. The highest BCUT2D eigenvalue weighted by Crippen LogP contribution is 2.35. The topological polar surface area (TPSA) is 89.3 Å². The van der Waals surface area contributed by atoms with Crippen LogP contribution in [0.15, 0.2) is 33.4 Å². The number of aromatic nitrogens is 2. The van der Waals surface area contributed by atoms with Gasteiger partial charge in [0.15, 0.2) is 15.0 Å². The van der Waals surface area contributed by atoms with Crippen LogP contribution in [0.2, 0.25) is 0 Å². The quantitative estimate of drug-likeness (QED) is 0.430. The summed E-state index contributed by atoms with van der Waals surface area (Å²) in [5, 5.41) is 0.870. The summed E-state index contributed by atoms with van der Waals surface area (Å²) in [4.78, 5) is 30.3. The van der Waals surface area contributed by atoms with Crippen molar-refractivity contribution in [1.82, 2.24) is 9.55 Å². The summed E-state index contributed by atoms with van der Waals surface area (Å²) >= 11 is 0.914. The van der Waals surface area contributed by atoms with Crippen LogP contribution in [-0.4, -0.2) is 41.8 Å². The standard InChI is InChI=1S/C25H32F3N3O4S2/c1-17-13-21(37(34,35)20-9-5-6-10-20)15-22(32)31(17)19(14-18-7-3-2-4-8-18)16-30(23(33)25(26,27)28)24-29-11-12-36-24/h11-13,15,18-20H,2-10,14,16H2,1H3. The predicted molar refractivity (Wildman–Crippen MR) is 136 cm³/mol. The highest BCUT2D eigenvalue weighted by atomic mass is 32.2. The van der Waals surface area contributed by atoms with E-state index in [2.05, 4.69) is 4.98 Å². The van der Waals surface area contributed by atoms with E-state index in [0.717, 1.165) is 62.3 Å². The van der Waals surface area contributed by atoms with Crippen LogP contribution in [0.4, 0.5) is 18.3 Å². The van der Waals surface area contributed by atoms with Crippen LogP contribution >= 0.6 is 11.3 Å². The van der Waals surface area contributed by atoms with Gasteiger partial charge >= 0.3 is 12.1 Å². The number of thiazole rings is 1. The zero-order valence-corrected chi connectivity index (χ0v) is 22.4. The van der Waals surface area contributed by atoms with Gasteiger partial charge in [0.25, 0.3) is 5.56 Å². The van der Waals surface area contributed by atoms with Crippen LogP contribution in [0.5, 0.6) is 0 Å². The number of hydrogen-bond donors (Lipinski definition) is 0. The number of rotatable bonds is 8. The van der Waals surface area contributed by atoms with Gasteiger partial charge in [0, 0.05) is 29.9 Å². The fourth-order valence-electron chi connectivity index (χ4n) is 5.74. The molecule has 4 rings (SSSR count). The van der Waals surface area contributed by atoms with Crippen molar-refractivity contribution in [2.45, 2.75) is 93.5 Å². The van der Waals surface area contributed by atoms with E-state index in [1.165, 1.54) is 22.2 Å². The summed E-state index contributed by atoms with van der Waals surface area (Å²) < 4.78 is 68.3. The normalized spacial score (nSPS) is 18.7. The molecule has 0 N–H and O–H groups in total. The Morgan fingerprint density at radius 3 is 2.35 bits per heavy atom. The fourth-order valence-corrected chi connectivity index (χ4v) is 8.32. The molecule has 1 amide bonds. The van der Waals surface area contributed by atoms with Crippen LogP contribution in [-0.2, 0) is 14.6 Å². The third-order valence-electron chi connectivity index (χ3n) is 7.53. The molecule has 7 nitrogen and oxygen atoms in total. The molecule has 2 aliphatic rings. The number of pyridine rings is 1. The molecule has 2 saturated carbocycles. The molecular formula is C25H32F3N3O4S2. The first-order chi connectivity index (χ1) is 17.5. The molecular weight excluding hydrogens is 527 g/mol. The van der Waals surface area contributed by atoms with Crippen LogP contribution in [0, 0.1) is 12.8 Å². The number of hydrogen-bond acceptors (Lipinski definition) is 6. The van der Waals surface area contributed by atoms with Crippen molar-refractivity contribution in [2.75, 3.05) is 11.4 Å². The first-order valence-corrected chi connectivity index (χ1v) is 15.2. The first kappa shape index (κ1) is 27.8. The average molecular weight is 560 g/mol. The van der Waals surface area contributed by atoms with Gasteiger partial charge in [0.05, 0.1) is 16.2 Å². The lowest BCUT2D eigenvalue weighted by Crippen LogP contribution is -2.46. The third kappa shape index (κ3) is 6.27. The van der Waals surface area contributed by atoms with E-state index in [1.807, 2.05) is 0 Å². The number of amides is 1. The average Bonchev–Trinajstić information content (AvgIpc) is 3.56. The van der Waals surface area contributed by atoms with Gasteiger partial charge in [-0.3, -0.25) is 14.5 Å². The molecule has 1 atom stereocenters. The van der Waals surface area contributed by atoms with Crippen molar-refractivity contribution >= 4 is 32.2 Å². The van der Waals surface area contributed by atoms with Gasteiger partial charge in [0.2, 0.25) is 0 Å². The Labute approximate surface area is 218 Å². The molecule has 2 aromatic rings. The molecule has 0 aromatic carbocycles. The van der Waals surface area contributed by atoms with Gasteiger partial charge in [-0.15, -0.1) is 11.3 Å². The van der Waals surface area contributed by atoms with E-state index < -0.39 is 45.3 Å². The Kier molecular flexibility index (Phi) is 8.47. The molecule has 12 heteroatoms. The summed E-state index contributed by atoms with van der Waals surface area (Å²) in [6.45, 7) is 1.21. The largest absolute Gasteiger partial charge is 0.471 e. The molecule has 0 aliphatic heterocycles. The Morgan fingerprint density at radius 1 is 1.14 bits per heavy atom. The molecule has 2 fully saturated rings. The summed E-state index contributed by atoms with van der Waals surface area (Å²) in [5.74, 6) is -1.85. The van der Waals surface area contributed by atoms with E-state index in [-0.39, 0.29) is 15.9 Å². The van der Waals surface area contributed by atoms with E-state index >= 15 is 0 Å². The Balaban J connectivity index is 1.73. The van der Waals surface area contributed by atoms with E-state index in [9.17, 15) is 31.2 Å². The van der Waals surface area contributed by atoms with Gasteiger partial charge in [-0.2, -0.15) is 13.2 Å². The summed E-state index contributed by atoms with van der Waals surface area (Å²) in [5.41, 5.74) is -0.237. The summed E-state index contributed by atoms with van der Waals surface area (Å²) in [6.07, 6.45) is 4.25. The lowest BCUT2D eigenvalue weighted by Gasteiger charge is -2.32. The number of carbonyl (C=O) groups is 1. The number of carbonyl (C=O) groups excluding carboxylic acids is 1. The second kappa shape index (κ2) is 11.3. The zero-order valence-electron chi connectivity index (χ0n) is 20.7. The highest BCUT2D eigenvalue weighted by molar-refractivity contribution is 7.92. The van der Waals surface area contributed by atoms with Gasteiger partial charge in [0.1, 0.15) is 0 Å². The minimum Gasteiger partial charge on any atom is -0.308 e. The number of aryl methyl sites for hydroxylation is 1. The molecule has 0 saturated heterocycles. The lowest BCUT2D eigenvalue weighted by molar-refractivity contribution is -0.170. The van der Waals surface area contributed by atoms with Gasteiger partial charge in [-0.25, -0.2) is 13.4 Å². The van der Waals surface area contributed by atoms with Crippen LogP contribution < -0.4 is 10.5 Å². The molecule has 0 radical (unpaired) electrons. The Bertz CT molecular complexity index is 1250. The van der Waals surface area contributed by atoms with E-state index in [4.69, 9.17) is 0 Å². The van der Waals surface area contributed by atoms with Crippen LogP contribution in [0.1, 0.15) is 75.9 Å². The smallest absolute Gasteiger partial charge is 0.308 e. The lowest BCUT2D eigenvalue weighted by atomic mass is 9.84. The maximum atomic E-state index is 13.5. The second-order valence-electron chi connectivity index (χ2n) is 10.1. The molecule has 204 valence electrons. The van der Waals surface area contributed by atoms with Crippen molar-refractivity contribution in [3.8, 4) is 0 Å². The van der Waals surface area contributed by atoms with Gasteiger partial charge < -0.3 is 4.57 Å². The maximum absolute atomic E-state index is 13.5. The van der Waals surface area contributed by atoms with Crippen LogP contribution in [0.3, 0.4) is 0 Å². The van der Waals surface area contributed by atoms with E-state index in [1.54, 1.807) is 6.92 Å². The van der Waals surface area contributed by atoms with Gasteiger partial charge in [-0.05, 0) is 38.2 Å². The molecule has 2 heterocycles. The molecule has 0 spiro atoms. The highest BCUT2D eigenvalue weighted by Gasteiger charge is 2.45. The van der Waals surface area contributed by atoms with Crippen molar-refractivity contribution in [2.24, 2.45) is 5.92 Å². The number of alkyl halides is 3. The molecule has 1 unspecified atom stereocenters. The first-order valence-electron chi connectivity index (χ1n) is 12.7. The minimum absolute atomic E-state index is 0.0438. The van der Waals surface area contributed by atoms with Crippen LogP contribution in [0.25, 0.3) is 0 Å². The third-order valence-corrected chi connectivity index (χ3v) is 10.6. The van der Waals surface area contributed by atoms with Crippen molar-refractivity contribution in [3.63, 3.8) is 0 Å². The second-order valence-corrected chi connectivity index (χ2v) is 13.2. The van der Waals surface area contributed by atoms with E-state index in [0.29, 0.717) is 29.9 Å².